The van der Waals surface area contributed by atoms with Crippen LogP contribution in [-0.4, -0.2) is 17.5 Å². The van der Waals surface area contributed by atoms with E-state index in [0.29, 0.717) is 24.2 Å². The first kappa shape index (κ1) is 19.8. The molecule has 0 fully saturated rings. The van der Waals surface area contributed by atoms with Crippen LogP contribution in [0.4, 0.5) is 0 Å². The number of esters is 1. The monoisotopic (exact) mass is 398 g/mol. The lowest BCUT2D eigenvalue weighted by molar-refractivity contribution is -0.131. The fraction of sp³-hybridized carbons (Fsp3) is 0.280. The van der Waals surface area contributed by atoms with E-state index >= 15 is 0 Å². The van der Waals surface area contributed by atoms with E-state index in [1.165, 1.54) is 6.92 Å². The average Bonchev–Trinajstić information content (AvgIpc) is 2.73. The predicted octanol–water partition coefficient (Wildman–Crippen LogP) is 4.71. The Balaban J connectivity index is 1.73. The zero-order valence-electron chi connectivity index (χ0n) is 17.0. The van der Waals surface area contributed by atoms with Crippen LogP contribution in [0, 0.1) is 17.2 Å². The van der Waals surface area contributed by atoms with Crippen LogP contribution in [-0.2, 0) is 9.59 Å². The number of allylic oxidation sites excluding steroid dienone is 2. The van der Waals surface area contributed by atoms with Gasteiger partial charge >= 0.3 is 5.97 Å². The van der Waals surface area contributed by atoms with Crippen molar-refractivity contribution in [1.29, 1.82) is 5.26 Å². The molecule has 1 heterocycles. The summed E-state index contributed by atoms with van der Waals surface area (Å²) in [5.41, 5.74) is 4.16. The number of benzene rings is 2. The van der Waals surface area contributed by atoms with Crippen molar-refractivity contribution in [3.8, 4) is 11.8 Å². The summed E-state index contributed by atoms with van der Waals surface area (Å²) in [7, 11) is 0. The molecule has 0 amide bonds. The molecule has 4 rings (SSSR count). The highest BCUT2D eigenvalue weighted by Gasteiger charge is 2.41. The summed E-state index contributed by atoms with van der Waals surface area (Å²) < 4.78 is 5.12. The van der Waals surface area contributed by atoms with Gasteiger partial charge in [0.1, 0.15) is 5.75 Å². The van der Waals surface area contributed by atoms with Gasteiger partial charge in [0.2, 0.25) is 0 Å². The Morgan fingerprint density at radius 2 is 1.77 bits per heavy atom. The minimum absolute atomic E-state index is 0.0515. The Kier molecular flexibility index (Phi) is 5.33. The molecule has 5 nitrogen and oxygen atoms in total. The van der Waals surface area contributed by atoms with Crippen LogP contribution in [0.25, 0.3) is 0 Å². The second kappa shape index (κ2) is 8.08. The predicted molar refractivity (Wildman–Crippen MR) is 113 cm³/mol. The van der Waals surface area contributed by atoms with Crippen LogP contribution >= 0.6 is 0 Å². The van der Waals surface area contributed by atoms with Crippen LogP contribution < -0.4 is 4.74 Å². The number of ether oxygens (including phenoxy) is 1. The molecule has 3 atom stereocenters. The minimum atomic E-state index is -0.499. The second-order valence-corrected chi connectivity index (χ2v) is 7.80. The van der Waals surface area contributed by atoms with Crippen LogP contribution in [0.3, 0.4) is 0 Å². The van der Waals surface area contributed by atoms with Crippen molar-refractivity contribution >= 4 is 17.5 Å². The molecule has 0 spiro atoms. The summed E-state index contributed by atoms with van der Waals surface area (Å²) in [6, 6.07) is 19.4. The summed E-state index contributed by atoms with van der Waals surface area (Å²) in [4.78, 5) is 29.2. The molecule has 1 aliphatic carbocycles. The first-order valence-electron chi connectivity index (χ1n) is 10.0. The molecule has 0 aromatic heterocycles. The standard InChI is InChI=1S/C25H22N2O3/c1-15-21(14-26)24(18-8-10-20(11-9-18)30-16(2)28)25-22(27-15)12-19(13-23(25)29)17-6-4-3-5-7-17/h3-11,19,21,24H,12-13H2,1-2H3/t19-,21?,24-/m0/s1. The lowest BCUT2D eigenvalue weighted by Gasteiger charge is -2.35. The van der Waals surface area contributed by atoms with Gasteiger partial charge in [-0.15, -0.1) is 0 Å². The number of carbonyl (C=O) groups is 2. The zero-order valence-corrected chi connectivity index (χ0v) is 17.0. The van der Waals surface area contributed by atoms with Crippen molar-refractivity contribution in [2.24, 2.45) is 10.9 Å². The van der Waals surface area contributed by atoms with Gasteiger partial charge in [-0.3, -0.25) is 14.6 Å². The maximum atomic E-state index is 13.3. The van der Waals surface area contributed by atoms with Crippen molar-refractivity contribution in [2.75, 3.05) is 0 Å². The average molecular weight is 398 g/mol. The Morgan fingerprint density at radius 1 is 1.07 bits per heavy atom. The number of nitriles is 1. The highest BCUT2D eigenvalue weighted by Crippen LogP contribution is 2.46. The third-order valence-electron chi connectivity index (χ3n) is 5.80. The van der Waals surface area contributed by atoms with E-state index in [1.54, 1.807) is 12.1 Å². The van der Waals surface area contributed by atoms with E-state index in [9.17, 15) is 14.9 Å². The molecule has 0 bridgehead atoms. The molecule has 1 unspecified atom stereocenters. The number of Topliss-reactive ketones (excluding diaryl/α,β-unsaturated/α-hetero) is 1. The van der Waals surface area contributed by atoms with Gasteiger partial charge < -0.3 is 4.74 Å². The van der Waals surface area contributed by atoms with Gasteiger partial charge in [0.15, 0.2) is 5.78 Å². The number of hydrogen-bond acceptors (Lipinski definition) is 5. The normalized spacial score (nSPS) is 23.3. The number of rotatable bonds is 3. The highest BCUT2D eigenvalue weighted by molar-refractivity contribution is 6.03. The third-order valence-corrected chi connectivity index (χ3v) is 5.80. The lowest BCUT2D eigenvalue weighted by atomic mass is 9.69. The van der Waals surface area contributed by atoms with E-state index in [4.69, 9.17) is 9.73 Å². The zero-order chi connectivity index (χ0) is 21.3. The Hall–Kier alpha value is -3.52. The molecule has 30 heavy (non-hydrogen) atoms. The summed E-state index contributed by atoms with van der Waals surface area (Å²) in [6.07, 6.45) is 1.10. The van der Waals surface area contributed by atoms with Gasteiger partial charge in [-0.05, 0) is 42.5 Å². The second-order valence-electron chi connectivity index (χ2n) is 7.80. The van der Waals surface area contributed by atoms with Crippen LogP contribution in [0.1, 0.15) is 49.7 Å². The quantitative estimate of drug-likeness (QED) is 0.554. The van der Waals surface area contributed by atoms with Crippen molar-refractivity contribution in [2.45, 2.75) is 38.5 Å². The summed E-state index contributed by atoms with van der Waals surface area (Å²) in [5, 5.41) is 9.84. The minimum Gasteiger partial charge on any atom is -0.427 e. The number of aliphatic imine (C=N–C) groups is 1. The van der Waals surface area contributed by atoms with E-state index in [1.807, 2.05) is 49.4 Å². The number of ketones is 1. The maximum Gasteiger partial charge on any atom is 0.308 e. The molecule has 150 valence electrons. The summed E-state index contributed by atoms with van der Waals surface area (Å²) in [5.74, 6) is -0.666. The topological polar surface area (TPSA) is 79.5 Å². The Morgan fingerprint density at radius 3 is 2.40 bits per heavy atom. The molecule has 0 saturated heterocycles. The van der Waals surface area contributed by atoms with Gasteiger partial charge in [0, 0.05) is 36.2 Å². The molecule has 0 radical (unpaired) electrons. The van der Waals surface area contributed by atoms with Gasteiger partial charge in [-0.2, -0.15) is 5.26 Å². The number of carbonyl (C=O) groups excluding carboxylic acids is 2. The van der Waals surface area contributed by atoms with Crippen molar-refractivity contribution in [3.63, 3.8) is 0 Å². The summed E-state index contributed by atoms with van der Waals surface area (Å²) in [6.45, 7) is 3.20. The van der Waals surface area contributed by atoms with Crippen molar-refractivity contribution in [1.82, 2.24) is 0 Å². The van der Waals surface area contributed by atoms with E-state index in [2.05, 4.69) is 6.07 Å². The fourth-order valence-electron chi connectivity index (χ4n) is 4.46. The van der Waals surface area contributed by atoms with Gasteiger partial charge in [-0.25, -0.2) is 0 Å². The Labute approximate surface area is 175 Å². The van der Waals surface area contributed by atoms with Crippen LogP contribution in [0.5, 0.6) is 5.75 Å². The molecule has 2 aromatic carbocycles. The van der Waals surface area contributed by atoms with Crippen molar-refractivity contribution in [3.05, 3.63) is 77.0 Å². The molecule has 2 aliphatic rings. The van der Waals surface area contributed by atoms with Crippen LogP contribution in [0.15, 0.2) is 70.9 Å². The largest absolute Gasteiger partial charge is 0.427 e. The number of hydrogen-bond donors (Lipinski definition) is 0. The fourth-order valence-corrected chi connectivity index (χ4v) is 4.46. The molecule has 5 heteroatoms. The molecular weight excluding hydrogens is 376 g/mol. The smallest absolute Gasteiger partial charge is 0.308 e. The van der Waals surface area contributed by atoms with Gasteiger partial charge in [0.05, 0.1) is 12.0 Å². The molecule has 0 saturated carbocycles. The molecule has 2 aromatic rings. The molecular formula is C25H22N2O3. The van der Waals surface area contributed by atoms with E-state index < -0.39 is 11.9 Å². The van der Waals surface area contributed by atoms with Gasteiger partial charge in [0.25, 0.3) is 0 Å². The third kappa shape index (κ3) is 3.69. The lowest BCUT2D eigenvalue weighted by Crippen LogP contribution is -2.32. The molecule has 0 N–H and O–H groups in total. The van der Waals surface area contributed by atoms with Crippen molar-refractivity contribution < 1.29 is 14.3 Å². The Bertz CT molecular complexity index is 1090. The van der Waals surface area contributed by atoms with Crippen LogP contribution in [0.2, 0.25) is 0 Å². The first-order chi connectivity index (χ1) is 14.5. The molecule has 1 aliphatic heterocycles. The van der Waals surface area contributed by atoms with E-state index in [0.717, 1.165) is 22.5 Å². The SMILES string of the molecule is CC(=O)Oc1ccc([C@@H]2C3=C(C[C@H](c4ccccc4)CC3=O)N=C(C)C2C#N)cc1. The maximum absolute atomic E-state index is 13.3. The van der Waals surface area contributed by atoms with E-state index in [-0.39, 0.29) is 17.6 Å². The number of nitrogens with zero attached hydrogens (tertiary/aromatic N) is 2. The summed E-state index contributed by atoms with van der Waals surface area (Å²) >= 11 is 0. The van der Waals surface area contributed by atoms with Gasteiger partial charge in [-0.1, -0.05) is 42.5 Å². The highest BCUT2D eigenvalue weighted by atomic mass is 16.5. The first-order valence-corrected chi connectivity index (χ1v) is 10.0.